The number of benzene rings is 1. The van der Waals surface area contributed by atoms with Crippen LogP contribution in [0.3, 0.4) is 0 Å². The summed E-state index contributed by atoms with van der Waals surface area (Å²) in [6.45, 7) is 2.48. The standard InChI is InChI=1S/C14H16ClNO2/c1-2-13(17)12-4-3-9-16(14(12)18)11-7-5-10(15)6-8-11/h5-8,12H,2-4,9H2,1H3/t12-/m0/s1. The van der Waals surface area contributed by atoms with Crippen molar-refractivity contribution in [3.63, 3.8) is 0 Å². The Morgan fingerprint density at radius 3 is 2.67 bits per heavy atom. The van der Waals surface area contributed by atoms with Gasteiger partial charge >= 0.3 is 0 Å². The van der Waals surface area contributed by atoms with Crippen molar-refractivity contribution in [1.82, 2.24) is 0 Å². The maximum Gasteiger partial charge on any atom is 0.237 e. The first-order valence-electron chi connectivity index (χ1n) is 6.23. The number of Topliss-reactive ketones (excluding diaryl/α,β-unsaturated/α-hetero) is 1. The first-order valence-corrected chi connectivity index (χ1v) is 6.61. The number of ketones is 1. The lowest BCUT2D eigenvalue weighted by atomic mass is 9.91. The molecule has 0 bridgehead atoms. The number of carbonyl (C=O) groups is 2. The van der Waals surface area contributed by atoms with E-state index in [-0.39, 0.29) is 11.7 Å². The number of carbonyl (C=O) groups excluding carboxylic acids is 2. The van der Waals surface area contributed by atoms with Crippen LogP contribution in [0.1, 0.15) is 26.2 Å². The van der Waals surface area contributed by atoms with Gasteiger partial charge in [0.15, 0.2) is 0 Å². The van der Waals surface area contributed by atoms with Crippen molar-refractivity contribution in [2.24, 2.45) is 5.92 Å². The van der Waals surface area contributed by atoms with Gasteiger partial charge in [-0.2, -0.15) is 0 Å². The first kappa shape index (κ1) is 13.1. The van der Waals surface area contributed by atoms with Gasteiger partial charge in [-0.05, 0) is 37.1 Å². The van der Waals surface area contributed by atoms with Gasteiger partial charge in [-0.1, -0.05) is 18.5 Å². The number of halogens is 1. The molecule has 1 aliphatic rings. The van der Waals surface area contributed by atoms with E-state index in [9.17, 15) is 9.59 Å². The molecule has 96 valence electrons. The molecule has 0 saturated carbocycles. The van der Waals surface area contributed by atoms with Crippen LogP contribution in [-0.2, 0) is 9.59 Å². The predicted molar refractivity (Wildman–Crippen MR) is 71.8 cm³/mol. The van der Waals surface area contributed by atoms with E-state index in [1.54, 1.807) is 24.0 Å². The zero-order valence-corrected chi connectivity index (χ0v) is 11.1. The monoisotopic (exact) mass is 265 g/mol. The van der Waals surface area contributed by atoms with Gasteiger partial charge in [0.1, 0.15) is 5.78 Å². The van der Waals surface area contributed by atoms with E-state index >= 15 is 0 Å². The number of amides is 1. The molecule has 0 spiro atoms. The lowest BCUT2D eigenvalue weighted by Gasteiger charge is -2.31. The molecular formula is C14H16ClNO2. The largest absolute Gasteiger partial charge is 0.312 e. The van der Waals surface area contributed by atoms with Gasteiger partial charge in [-0.25, -0.2) is 0 Å². The van der Waals surface area contributed by atoms with Crippen LogP contribution >= 0.6 is 11.6 Å². The fraction of sp³-hybridized carbons (Fsp3) is 0.429. The van der Waals surface area contributed by atoms with Crippen LogP contribution in [0.15, 0.2) is 24.3 Å². The van der Waals surface area contributed by atoms with Crippen LogP contribution < -0.4 is 4.90 Å². The van der Waals surface area contributed by atoms with E-state index in [0.717, 1.165) is 12.1 Å². The Hall–Kier alpha value is -1.35. The number of piperidine rings is 1. The molecule has 1 aromatic carbocycles. The maximum atomic E-state index is 12.3. The number of nitrogens with zero attached hydrogens (tertiary/aromatic N) is 1. The summed E-state index contributed by atoms with van der Waals surface area (Å²) in [5, 5.41) is 0.643. The van der Waals surface area contributed by atoms with E-state index in [2.05, 4.69) is 0 Å². The van der Waals surface area contributed by atoms with Crippen LogP contribution in [0, 0.1) is 5.92 Å². The molecule has 18 heavy (non-hydrogen) atoms. The highest BCUT2D eigenvalue weighted by molar-refractivity contribution is 6.30. The second kappa shape index (κ2) is 5.53. The summed E-state index contributed by atoms with van der Waals surface area (Å²) in [7, 11) is 0. The highest BCUT2D eigenvalue weighted by Gasteiger charge is 2.33. The van der Waals surface area contributed by atoms with Crippen LogP contribution in [0.25, 0.3) is 0 Å². The Morgan fingerprint density at radius 1 is 1.39 bits per heavy atom. The third kappa shape index (κ3) is 2.56. The highest BCUT2D eigenvalue weighted by atomic mass is 35.5. The normalized spacial score (nSPS) is 20.0. The van der Waals surface area contributed by atoms with Gasteiger partial charge in [0.2, 0.25) is 5.91 Å². The molecule has 1 heterocycles. The quantitative estimate of drug-likeness (QED) is 0.788. The molecule has 1 saturated heterocycles. The maximum absolute atomic E-state index is 12.3. The Balaban J connectivity index is 2.21. The molecule has 0 unspecified atom stereocenters. The number of rotatable bonds is 3. The summed E-state index contributed by atoms with van der Waals surface area (Å²) < 4.78 is 0. The van der Waals surface area contributed by atoms with Gasteiger partial charge in [0, 0.05) is 23.7 Å². The van der Waals surface area contributed by atoms with Crippen LogP contribution in [-0.4, -0.2) is 18.2 Å². The van der Waals surface area contributed by atoms with Crippen molar-refractivity contribution in [3.05, 3.63) is 29.3 Å². The van der Waals surface area contributed by atoms with Crippen LogP contribution in [0.5, 0.6) is 0 Å². The Morgan fingerprint density at radius 2 is 2.06 bits per heavy atom. The van der Waals surface area contributed by atoms with Crippen LogP contribution in [0.2, 0.25) is 5.02 Å². The smallest absolute Gasteiger partial charge is 0.237 e. The molecule has 1 aromatic rings. The minimum Gasteiger partial charge on any atom is -0.312 e. The van der Waals surface area contributed by atoms with E-state index in [1.807, 2.05) is 12.1 Å². The molecule has 3 nitrogen and oxygen atoms in total. The summed E-state index contributed by atoms with van der Waals surface area (Å²) in [6.07, 6.45) is 1.96. The minimum atomic E-state index is -0.459. The molecule has 0 radical (unpaired) electrons. The third-order valence-electron chi connectivity index (χ3n) is 3.31. The van der Waals surface area contributed by atoms with Crippen molar-refractivity contribution in [2.75, 3.05) is 11.4 Å². The van der Waals surface area contributed by atoms with Gasteiger partial charge in [0.25, 0.3) is 0 Å². The summed E-state index contributed by atoms with van der Waals surface area (Å²) in [5.41, 5.74) is 0.818. The Kier molecular flexibility index (Phi) is 4.02. The molecule has 2 rings (SSSR count). The topological polar surface area (TPSA) is 37.4 Å². The molecule has 4 heteroatoms. The molecule has 0 aliphatic carbocycles. The van der Waals surface area contributed by atoms with Gasteiger partial charge in [-0.3, -0.25) is 9.59 Å². The van der Waals surface area contributed by atoms with Crippen molar-refractivity contribution in [1.29, 1.82) is 0 Å². The highest BCUT2D eigenvalue weighted by Crippen LogP contribution is 2.26. The molecule has 0 aromatic heterocycles. The van der Waals surface area contributed by atoms with E-state index < -0.39 is 5.92 Å². The van der Waals surface area contributed by atoms with Crippen LogP contribution in [0.4, 0.5) is 5.69 Å². The Labute approximate surface area is 112 Å². The lowest BCUT2D eigenvalue weighted by Crippen LogP contribution is -2.44. The van der Waals surface area contributed by atoms with Gasteiger partial charge in [0.05, 0.1) is 5.92 Å². The zero-order valence-electron chi connectivity index (χ0n) is 10.4. The second-order valence-corrected chi connectivity index (χ2v) is 4.92. The Bertz CT molecular complexity index is 455. The lowest BCUT2D eigenvalue weighted by molar-refractivity contribution is -0.133. The van der Waals surface area contributed by atoms with Crippen molar-refractivity contribution < 1.29 is 9.59 Å². The summed E-state index contributed by atoms with van der Waals surface area (Å²) in [6, 6.07) is 7.16. The van der Waals surface area contributed by atoms with Crippen molar-refractivity contribution >= 4 is 29.0 Å². The average Bonchev–Trinajstić information content (AvgIpc) is 2.39. The fourth-order valence-corrected chi connectivity index (χ4v) is 2.42. The number of hydrogen-bond donors (Lipinski definition) is 0. The molecule has 0 N–H and O–H groups in total. The first-order chi connectivity index (χ1) is 8.63. The SMILES string of the molecule is CCC(=O)[C@@H]1CCCN(c2ccc(Cl)cc2)C1=O. The van der Waals surface area contributed by atoms with E-state index in [4.69, 9.17) is 11.6 Å². The number of anilines is 1. The van der Waals surface area contributed by atoms with E-state index in [0.29, 0.717) is 24.4 Å². The van der Waals surface area contributed by atoms with Crippen molar-refractivity contribution in [2.45, 2.75) is 26.2 Å². The molecule has 1 aliphatic heterocycles. The molecule has 1 atom stereocenters. The second-order valence-electron chi connectivity index (χ2n) is 4.48. The minimum absolute atomic E-state index is 0.0404. The molecule has 1 fully saturated rings. The predicted octanol–water partition coefficient (Wildman–Crippen LogP) is 3.06. The summed E-state index contributed by atoms with van der Waals surface area (Å²) in [5.74, 6) is -0.492. The summed E-state index contributed by atoms with van der Waals surface area (Å²) in [4.78, 5) is 25.7. The molecule has 1 amide bonds. The third-order valence-corrected chi connectivity index (χ3v) is 3.57. The van der Waals surface area contributed by atoms with E-state index in [1.165, 1.54) is 0 Å². The van der Waals surface area contributed by atoms with Crippen molar-refractivity contribution in [3.8, 4) is 0 Å². The summed E-state index contributed by atoms with van der Waals surface area (Å²) >= 11 is 5.83. The zero-order chi connectivity index (χ0) is 13.1. The van der Waals surface area contributed by atoms with Gasteiger partial charge < -0.3 is 4.90 Å². The molecular weight excluding hydrogens is 250 g/mol. The average molecular weight is 266 g/mol. The fourth-order valence-electron chi connectivity index (χ4n) is 2.30. The van der Waals surface area contributed by atoms with Gasteiger partial charge in [-0.15, -0.1) is 0 Å². The number of hydrogen-bond acceptors (Lipinski definition) is 2.